The van der Waals surface area contributed by atoms with Gasteiger partial charge in [0, 0.05) is 16.7 Å². The molecule has 0 aromatic carbocycles. The number of hydrogen-bond acceptors (Lipinski definition) is 3. The van der Waals surface area contributed by atoms with Crippen molar-refractivity contribution in [3.05, 3.63) is 0 Å². The molecule has 0 saturated heterocycles. The van der Waals surface area contributed by atoms with E-state index in [0.717, 1.165) is 25.3 Å². The average molecular weight is 364 g/mol. The van der Waals surface area contributed by atoms with Gasteiger partial charge >= 0.3 is 0 Å². The Morgan fingerprint density at radius 2 is 1.00 bits per heavy atom. The van der Waals surface area contributed by atoms with Gasteiger partial charge in [-0.3, -0.25) is 0 Å². The normalized spacial score (nSPS) is 14.6. The van der Waals surface area contributed by atoms with Crippen molar-refractivity contribution in [2.75, 3.05) is 0 Å². The quantitative estimate of drug-likeness (QED) is 0.312. The summed E-state index contributed by atoms with van der Waals surface area (Å²) in [4.78, 5) is 0. The Balaban J connectivity index is 5.36. The number of unbranched alkanes of at least 4 members (excludes halogenated alkanes) is 1. The lowest BCUT2D eigenvalue weighted by molar-refractivity contribution is -0.274. The van der Waals surface area contributed by atoms with Crippen LogP contribution < -0.4 is 0 Å². The van der Waals surface area contributed by atoms with Crippen LogP contribution in [0.15, 0.2) is 0 Å². The molecule has 0 aliphatic rings. The molecule has 0 rings (SSSR count). The lowest BCUT2D eigenvalue weighted by Gasteiger charge is -2.45. The molecule has 0 spiro atoms. The molecule has 0 atom stereocenters. The van der Waals surface area contributed by atoms with Crippen molar-refractivity contribution in [3.8, 4) is 0 Å². The molecule has 125 valence electrons. The maximum atomic E-state index is 6.47. The third-order valence-electron chi connectivity index (χ3n) is 2.29. The number of hydrogen-bond donors (Lipinski definition) is 0. The van der Waals surface area contributed by atoms with Crippen LogP contribution in [0.5, 0.6) is 0 Å². The van der Waals surface area contributed by atoms with Crippen LogP contribution in [0, 0.1) is 0 Å². The third kappa shape index (κ3) is 11.9. The zero-order chi connectivity index (χ0) is 16.9. The van der Waals surface area contributed by atoms with E-state index in [2.05, 4.69) is 69.2 Å². The Morgan fingerprint density at radius 3 is 1.24 bits per heavy atom. The highest BCUT2D eigenvalue weighted by molar-refractivity contribution is 6.72. The SMILES string of the molecule is C[Si](C)(C)OC(CCCC[Si])(O[Si](C)(C)C)O[Si](C)(C)C. The monoisotopic (exact) mass is 363 g/mol. The second-order valence-corrected chi connectivity index (χ2v) is 22.3. The van der Waals surface area contributed by atoms with Gasteiger partial charge in [0.1, 0.15) is 0 Å². The molecule has 0 aromatic heterocycles. The van der Waals surface area contributed by atoms with Gasteiger partial charge in [0.05, 0.1) is 0 Å². The second-order valence-electron chi connectivity index (χ2n) is 8.53. The highest BCUT2D eigenvalue weighted by atomic mass is 28.4. The Morgan fingerprint density at radius 1 is 0.667 bits per heavy atom. The molecule has 7 heteroatoms. The fourth-order valence-electron chi connectivity index (χ4n) is 2.08. The molecule has 3 radical (unpaired) electrons. The second kappa shape index (κ2) is 8.03. The van der Waals surface area contributed by atoms with Gasteiger partial charge in [-0.25, -0.2) is 0 Å². The van der Waals surface area contributed by atoms with Crippen LogP contribution >= 0.6 is 0 Å². The molecule has 0 saturated carbocycles. The zero-order valence-electron chi connectivity index (χ0n) is 15.6. The summed E-state index contributed by atoms with van der Waals surface area (Å²) in [5.41, 5.74) is 0. The van der Waals surface area contributed by atoms with Gasteiger partial charge in [0.25, 0.3) is 5.97 Å². The predicted molar refractivity (Wildman–Crippen MR) is 100 cm³/mol. The van der Waals surface area contributed by atoms with Crippen molar-refractivity contribution in [3.63, 3.8) is 0 Å². The highest BCUT2D eigenvalue weighted by Gasteiger charge is 2.44. The highest BCUT2D eigenvalue weighted by Crippen LogP contribution is 2.33. The first-order valence-electron chi connectivity index (χ1n) is 7.93. The van der Waals surface area contributed by atoms with E-state index in [1.165, 1.54) is 0 Å². The zero-order valence-corrected chi connectivity index (χ0v) is 19.6. The minimum atomic E-state index is -1.77. The Hall–Kier alpha value is 0.748. The summed E-state index contributed by atoms with van der Waals surface area (Å²) in [5.74, 6) is -0.833. The Bertz CT molecular complexity index is 262. The van der Waals surface area contributed by atoms with Gasteiger partial charge in [0.15, 0.2) is 25.0 Å². The van der Waals surface area contributed by atoms with Gasteiger partial charge < -0.3 is 13.3 Å². The third-order valence-corrected chi connectivity index (χ3v) is 5.42. The van der Waals surface area contributed by atoms with E-state index in [1.54, 1.807) is 0 Å². The molecule has 0 amide bonds. The average Bonchev–Trinajstić information content (AvgIpc) is 2.08. The van der Waals surface area contributed by atoms with Crippen LogP contribution in [-0.2, 0) is 13.3 Å². The summed E-state index contributed by atoms with van der Waals surface area (Å²) in [5, 5.41) is 0. The van der Waals surface area contributed by atoms with E-state index in [4.69, 9.17) is 13.3 Å². The van der Waals surface area contributed by atoms with Gasteiger partial charge in [-0.05, 0) is 65.3 Å². The van der Waals surface area contributed by atoms with Crippen LogP contribution in [0.2, 0.25) is 65.0 Å². The van der Waals surface area contributed by atoms with E-state index in [0.29, 0.717) is 0 Å². The van der Waals surface area contributed by atoms with Crippen molar-refractivity contribution in [2.45, 2.75) is 90.2 Å². The summed E-state index contributed by atoms with van der Waals surface area (Å²) in [6, 6.07) is 1.00. The lowest BCUT2D eigenvalue weighted by Crippen LogP contribution is -2.55. The molecule has 3 nitrogen and oxygen atoms in total. The molecule has 0 heterocycles. The predicted octanol–water partition coefficient (Wildman–Crippen LogP) is 4.95. The number of rotatable bonds is 10. The van der Waals surface area contributed by atoms with Gasteiger partial charge in [-0.1, -0.05) is 12.5 Å². The van der Waals surface area contributed by atoms with E-state index in [1.807, 2.05) is 0 Å². The first-order valence-corrected chi connectivity index (χ1v) is 18.9. The van der Waals surface area contributed by atoms with Gasteiger partial charge in [-0.15, -0.1) is 0 Å². The molecule has 0 aliphatic carbocycles. The van der Waals surface area contributed by atoms with Crippen molar-refractivity contribution in [1.82, 2.24) is 0 Å². The van der Waals surface area contributed by atoms with Crippen LogP contribution in [0.3, 0.4) is 0 Å². The Kier molecular flexibility index (Phi) is 8.31. The summed E-state index contributed by atoms with van der Waals surface area (Å²) in [6.45, 7) is 19.8. The van der Waals surface area contributed by atoms with Crippen molar-refractivity contribution in [2.24, 2.45) is 0 Å². The minimum absolute atomic E-state index is 0.816. The lowest BCUT2D eigenvalue weighted by atomic mass is 10.2. The summed E-state index contributed by atoms with van der Waals surface area (Å²) in [7, 11) is -1.76. The standard InChI is InChI=1S/C14H35O3Si4/c1-19(2,3)15-14(12-10-11-13-18,16-20(4,5)6)17-21(7,8)9/h10-13H2,1-9H3. The molecular formula is C14H35O3Si4. The van der Waals surface area contributed by atoms with Gasteiger partial charge in [0.2, 0.25) is 0 Å². The molecule has 0 fully saturated rings. The maximum absolute atomic E-state index is 6.47. The molecule has 0 aromatic rings. The molecule has 0 N–H and O–H groups in total. The van der Waals surface area contributed by atoms with Crippen LogP contribution in [-0.4, -0.2) is 41.2 Å². The fourth-order valence-corrected chi connectivity index (χ4v) is 5.94. The molecular weight excluding hydrogens is 328 g/mol. The van der Waals surface area contributed by atoms with E-state index in [9.17, 15) is 0 Å². The molecule has 0 unspecified atom stereocenters. The first-order chi connectivity index (χ1) is 9.18. The van der Waals surface area contributed by atoms with Crippen LogP contribution in [0.4, 0.5) is 0 Å². The smallest absolute Gasteiger partial charge is 0.254 e. The van der Waals surface area contributed by atoms with Gasteiger partial charge in [-0.2, -0.15) is 0 Å². The summed E-state index contributed by atoms with van der Waals surface area (Å²) in [6.07, 6.45) is 2.97. The summed E-state index contributed by atoms with van der Waals surface area (Å²) >= 11 is 0. The Labute approximate surface area is 139 Å². The molecule has 0 bridgehead atoms. The van der Waals surface area contributed by atoms with Crippen LogP contribution in [0.1, 0.15) is 19.3 Å². The summed E-state index contributed by atoms with van der Waals surface area (Å²) < 4.78 is 19.4. The van der Waals surface area contributed by atoms with Crippen molar-refractivity contribution in [1.29, 1.82) is 0 Å². The van der Waals surface area contributed by atoms with E-state index in [-0.39, 0.29) is 0 Å². The maximum Gasteiger partial charge on any atom is 0.254 e. The van der Waals surface area contributed by atoms with Crippen molar-refractivity contribution < 1.29 is 13.3 Å². The largest absolute Gasteiger partial charge is 0.371 e. The van der Waals surface area contributed by atoms with E-state index >= 15 is 0 Å². The molecule has 21 heavy (non-hydrogen) atoms. The minimum Gasteiger partial charge on any atom is -0.371 e. The topological polar surface area (TPSA) is 27.7 Å². The fraction of sp³-hybridized carbons (Fsp3) is 1.00. The van der Waals surface area contributed by atoms with Crippen LogP contribution in [0.25, 0.3) is 0 Å². The van der Waals surface area contributed by atoms with E-state index < -0.39 is 30.9 Å². The van der Waals surface area contributed by atoms with Crippen molar-refractivity contribution >= 4 is 35.2 Å². The molecule has 0 aliphatic heterocycles. The first kappa shape index (κ1) is 21.7.